The van der Waals surface area contributed by atoms with E-state index in [1.54, 1.807) is 12.5 Å². The number of hydrogen-bond donors (Lipinski definition) is 1. The first-order valence-electron chi connectivity index (χ1n) is 4.43. The first kappa shape index (κ1) is 9.64. The number of rotatable bonds is 1. The van der Waals surface area contributed by atoms with Gasteiger partial charge in [-0.2, -0.15) is 0 Å². The van der Waals surface area contributed by atoms with Crippen LogP contribution in [0.15, 0.2) is 11.3 Å². The van der Waals surface area contributed by atoms with Crippen LogP contribution in [0.4, 0.5) is 5.82 Å². The van der Waals surface area contributed by atoms with Crippen molar-refractivity contribution >= 4 is 12.0 Å². The summed E-state index contributed by atoms with van der Waals surface area (Å²) in [6.07, 6.45) is 3.36. The Kier molecular flexibility index (Phi) is 3.37. The van der Waals surface area contributed by atoms with Crippen LogP contribution in [0.25, 0.3) is 0 Å². The summed E-state index contributed by atoms with van der Waals surface area (Å²) in [5.41, 5.74) is 2.03. The molecule has 1 aliphatic rings. The second-order valence-electron chi connectivity index (χ2n) is 2.30. The Balaban J connectivity index is 0.000000396. The minimum Gasteiger partial charge on any atom is -0.372 e. The van der Waals surface area contributed by atoms with Crippen molar-refractivity contribution in [3.8, 4) is 0 Å². The van der Waals surface area contributed by atoms with Crippen molar-refractivity contribution in [1.82, 2.24) is 9.97 Å². The summed E-state index contributed by atoms with van der Waals surface area (Å²) >= 11 is 0. The third-order valence-electron chi connectivity index (χ3n) is 1.66. The van der Waals surface area contributed by atoms with Gasteiger partial charge in [-0.05, 0) is 0 Å². The molecule has 0 saturated heterocycles. The van der Waals surface area contributed by atoms with Crippen LogP contribution in [0.5, 0.6) is 0 Å². The molecule has 0 aromatic carbocycles. The largest absolute Gasteiger partial charge is 0.372 e. The number of fused-ring (bicyclic) bond motifs is 1. The van der Waals surface area contributed by atoms with Gasteiger partial charge in [-0.25, -0.2) is 9.97 Å². The van der Waals surface area contributed by atoms with Crippen molar-refractivity contribution in [3.63, 3.8) is 0 Å². The predicted octanol–water partition coefficient (Wildman–Crippen LogP) is 1.48. The van der Waals surface area contributed by atoms with E-state index in [0.717, 1.165) is 17.1 Å². The van der Waals surface area contributed by atoms with Crippen LogP contribution in [0.2, 0.25) is 0 Å². The van der Waals surface area contributed by atoms with Crippen molar-refractivity contribution in [1.29, 1.82) is 0 Å². The summed E-state index contributed by atoms with van der Waals surface area (Å²) < 4.78 is 0. The highest BCUT2D eigenvalue weighted by atomic mass is 15.0. The van der Waals surface area contributed by atoms with Crippen molar-refractivity contribution < 1.29 is 0 Å². The Bertz CT molecular complexity index is 306. The predicted molar refractivity (Wildman–Crippen MR) is 54.2 cm³/mol. The van der Waals surface area contributed by atoms with Crippen LogP contribution in [0.1, 0.15) is 25.1 Å². The van der Waals surface area contributed by atoms with Gasteiger partial charge in [-0.15, -0.1) is 0 Å². The second-order valence-corrected chi connectivity index (χ2v) is 2.30. The van der Waals surface area contributed by atoms with Gasteiger partial charge in [0.25, 0.3) is 0 Å². The zero-order valence-electron chi connectivity index (χ0n) is 8.20. The zero-order chi connectivity index (χ0) is 9.68. The molecule has 0 amide bonds. The third-order valence-corrected chi connectivity index (χ3v) is 1.66. The van der Waals surface area contributed by atoms with E-state index in [1.807, 2.05) is 20.9 Å². The Labute approximate surface area is 78.1 Å². The number of aliphatic imine (C=N–C) groups is 1. The quantitative estimate of drug-likeness (QED) is 0.708. The topological polar surface area (TPSA) is 50.2 Å². The molecule has 0 aliphatic carbocycles. The van der Waals surface area contributed by atoms with Gasteiger partial charge in [0.05, 0.1) is 17.8 Å². The van der Waals surface area contributed by atoms with Crippen LogP contribution in [-0.2, 0) is 6.54 Å². The Morgan fingerprint density at radius 1 is 1.31 bits per heavy atom. The van der Waals surface area contributed by atoms with Crippen molar-refractivity contribution in [2.24, 2.45) is 4.99 Å². The zero-order valence-corrected chi connectivity index (χ0v) is 8.20. The van der Waals surface area contributed by atoms with E-state index in [-0.39, 0.29) is 0 Å². The number of nitrogens with zero attached hydrogens (tertiary/aromatic N) is 3. The molecule has 0 spiro atoms. The van der Waals surface area contributed by atoms with Gasteiger partial charge in [0, 0.05) is 13.3 Å². The lowest BCUT2D eigenvalue weighted by atomic mass is 10.2. The smallest absolute Gasteiger partial charge is 0.138 e. The first-order chi connectivity index (χ1) is 6.42. The fourth-order valence-electron chi connectivity index (χ4n) is 1.12. The van der Waals surface area contributed by atoms with Crippen LogP contribution in [0.3, 0.4) is 0 Å². The monoisotopic (exact) mass is 178 g/mol. The van der Waals surface area contributed by atoms with E-state index < -0.39 is 0 Å². The fourth-order valence-corrected chi connectivity index (χ4v) is 1.12. The molecule has 4 heteroatoms. The third kappa shape index (κ3) is 1.83. The van der Waals surface area contributed by atoms with E-state index in [4.69, 9.17) is 0 Å². The van der Waals surface area contributed by atoms with E-state index in [2.05, 4.69) is 20.3 Å². The summed E-state index contributed by atoms with van der Waals surface area (Å²) in [5, 5.41) is 2.98. The van der Waals surface area contributed by atoms with Crippen molar-refractivity contribution in [2.75, 3.05) is 12.4 Å². The summed E-state index contributed by atoms with van der Waals surface area (Å²) in [5.74, 6) is 0.858. The molecular weight excluding hydrogens is 164 g/mol. The Morgan fingerprint density at radius 3 is 2.77 bits per heavy atom. The number of nitrogens with one attached hydrogen (secondary N) is 1. The molecule has 0 atom stereocenters. The molecular formula is C9H14N4. The molecule has 4 nitrogen and oxygen atoms in total. The highest BCUT2D eigenvalue weighted by Crippen LogP contribution is 2.17. The lowest BCUT2D eigenvalue weighted by Gasteiger charge is -2.01. The highest BCUT2D eigenvalue weighted by Gasteiger charge is 2.11. The number of aromatic nitrogens is 2. The maximum absolute atomic E-state index is 4.09. The summed E-state index contributed by atoms with van der Waals surface area (Å²) in [4.78, 5) is 12.2. The average Bonchev–Trinajstić information content (AvgIpc) is 2.68. The molecule has 0 saturated carbocycles. The number of hydrogen-bond acceptors (Lipinski definition) is 4. The summed E-state index contributed by atoms with van der Waals surface area (Å²) in [6, 6.07) is 0. The van der Waals surface area contributed by atoms with Crippen LogP contribution < -0.4 is 5.32 Å². The molecule has 2 rings (SSSR count). The molecule has 13 heavy (non-hydrogen) atoms. The van der Waals surface area contributed by atoms with Crippen molar-refractivity contribution in [2.45, 2.75) is 20.4 Å². The summed E-state index contributed by atoms with van der Waals surface area (Å²) in [7, 11) is 1.84. The molecule has 0 bridgehead atoms. The van der Waals surface area contributed by atoms with Gasteiger partial charge < -0.3 is 5.32 Å². The average molecular weight is 178 g/mol. The van der Waals surface area contributed by atoms with Gasteiger partial charge in [-0.1, -0.05) is 13.8 Å². The highest BCUT2D eigenvalue weighted by molar-refractivity contribution is 5.89. The van der Waals surface area contributed by atoms with Crippen LogP contribution >= 0.6 is 0 Å². The maximum atomic E-state index is 4.09. The molecule has 0 radical (unpaired) electrons. The molecule has 0 unspecified atom stereocenters. The first-order valence-corrected chi connectivity index (χ1v) is 4.43. The fraction of sp³-hybridized carbons (Fsp3) is 0.444. The molecule has 1 aromatic rings. The van der Waals surface area contributed by atoms with E-state index >= 15 is 0 Å². The summed E-state index contributed by atoms with van der Waals surface area (Å²) in [6.45, 7) is 4.69. The van der Waals surface area contributed by atoms with Crippen LogP contribution in [-0.4, -0.2) is 23.2 Å². The van der Waals surface area contributed by atoms with E-state index in [1.165, 1.54) is 0 Å². The normalized spacial score (nSPS) is 11.6. The van der Waals surface area contributed by atoms with Gasteiger partial charge in [0.2, 0.25) is 0 Å². The Hall–Kier alpha value is -1.45. The lowest BCUT2D eigenvalue weighted by Crippen LogP contribution is -2.00. The maximum Gasteiger partial charge on any atom is 0.138 e. The molecule has 1 N–H and O–H groups in total. The minimum absolute atomic E-state index is 0.687. The van der Waals surface area contributed by atoms with Gasteiger partial charge in [0.1, 0.15) is 12.1 Å². The second kappa shape index (κ2) is 4.54. The lowest BCUT2D eigenvalue weighted by molar-refractivity contribution is 0.994. The minimum atomic E-state index is 0.687. The molecule has 2 heterocycles. The van der Waals surface area contributed by atoms with E-state index in [9.17, 15) is 0 Å². The van der Waals surface area contributed by atoms with Gasteiger partial charge >= 0.3 is 0 Å². The Morgan fingerprint density at radius 2 is 2.08 bits per heavy atom. The van der Waals surface area contributed by atoms with Crippen molar-refractivity contribution in [3.05, 3.63) is 17.6 Å². The standard InChI is InChI=1S/C7H8N4.C2H6/c1-8-7-5-2-9-3-6(5)10-4-11-7;1-2/h2,4H,3H2,1H3,(H,8,10,11);1-2H3. The number of anilines is 1. The van der Waals surface area contributed by atoms with Crippen LogP contribution in [0, 0.1) is 0 Å². The molecule has 1 aromatic heterocycles. The van der Waals surface area contributed by atoms with Gasteiger partial charge in [-0.3, -0.25) is 4.99 Å². The molecule has 1 aliphatic heterocycles. The molecule has 0 fully saturated rings. The van der Waals surface area contributed by atoms with E-state index in [0.29, 0.717) is 6.54 Å². The SMILES string of the molecule is CC.CNc1ncnc2c1C=NC2. The van der Waals surface area contributed by atoms with Gasteiger partial charge in [0.15, 0.2) is 0 Å². The molecule has 70 valence electrons.